The van der Waals surface area contributed by atoms with Gasteiger partial charge in [-0.3, -0.25) is 14.4 Å². The summed E-state index contributed by atoms with van der Waals surface area (Å²) in [5, 5.41) is 9.37. The highest BCUT2D eigenvalue weighted by Crippen LogP contribution is 2.50. The van der Waals surface area contributed by atoms with Gasteiger partial charge in [-0.15, -0.1) is 0 Å². The molecule has 1 atom stereocenters. The molecule has 0 fully saturated rings. The van der Waals surface area contributed by atoms with Crippen LogP contribution in [0.5, 0.6) is 17.2 Å². The van der Waals surface area contributed by atoms with E-state index in [0.717, 1.165) is 84.1 Å². The lowest BCUT2D eigenvalue weighted by atomic mass is 9.95. The van der Waals surface area contributed by atoms with Crippen molar-refractivity contribution in [3.63, 3.8) is 0 Å². The number of para-hydroxylation sites is 2. The van der Waals surface area contributed by atoms with Gasteiger partial charge in [0, 0.05) is 38.4 Å². The van der Waals surface area contributed by atoms with E-state index >= 15 is 0 Å². The average molecular weight is 684 g/mol. The summed E-state index contributed by atoms with van der Waals surface area (Å²) in [4.78, 5) is 46.0. The Bertz CT molecular complexity index is 1820. The highest BCUT2D eigenvalue weighted by Gasteiger charge is 2.29. The van der Waals surface area contributed by atoms with E-state index in [0.29, 0.717) is 55.3 Å². The lowest BCUT2D eigenvalue weighted by Crippen LogP contribution is -2.26. The molecule has 1 aliphatic rings. The van der Waals surface area contributed by atoms with Crippen LogP contribution >= 0.6 is 0 Å². The molecule has 1 aromatic heterocycles. The summed E-state index contributed by atoms with van der Waals surface area (Å²) in [6, 6.07) is 14.9. The lowest BCUT2D eigenvalue weighted by molar-refractivity contribution is -0.121. The Labute approximate surface area is 293 Å². The number of methoxy groups -OCH3 is 3. The first-order valence-electron chi connectivity index (χ1n) is 17.5. The van der Waals surface area contributed by atoms with Crippen molar-refractivity contribution in [2.24, 2.45) is 0 Å². The molecular formula is C39H49N5O6. The molecule has 0 saturated heterocycles. The largest absolute Gasteiger partial charge is 0.493 e. The first-order chi connectivity index (χ1) is 24.3. The number of amides is 2. The molecule has 0 saturated carbocycles. The highest BCUT2D eigenvalue weighted by molar-refractivity contribution is 5.84. The number of hydrogen-bond acceptors (Lipinski definition) is 8. The Hall–Kier alpha value is -5.06. The molecule has 5 rings (SSSR count). The number of fused-ring (bicyclic) bond motifs is 4. The fourth-order valence-corrected chi connectivity index (χ4v) is 6.70. The first kappa shape index (κ1) is 36.2. The van der Waals surface area contributed by atoms with Crippen molar-refractivity contribution in [1.29, 1.82) is 0 Å². The molecule has 266 valence electrons. The number of hydrogen-bond donors (Lipinski definition) is 4. The van der Waals surface area contributed by atoms with Gasteiger partial charge in [0.1, 0.15) is 5.82 Å². The van der Waals surface area contributed by atoms with Crippen LogP contribution in [-0.4, -0.2) is 56.2 Å². The molecule has 0 bridgehead atoms. The Kier molecular flexibility index (Phi) is 12.7. The predicted octanol–water partition coefficient (Wildman–Crippen LogP) is 6.24. The van der Waals surface area contributed by atoms with Crippen LogP contribution in [0.1, 0.15) is 81.3 Å². The van der Waals surface area contributed by atoms with Crippen molar-refractivity contribution in [2.75, 3.05) is 39.7 Å². The number of nitrogens with zero attached hydrogens (tertiary/aromatic N) is 1. The van der Waals surface area contributed by atoms with E-state index in [-0.39, 0.29) is 23.3 Å². The number of carbonyl (C=O) groups excluding carboxylic acids is 2. The van der Waals surface area contributed by atoms with Crippen molar-refractivity contribution in [2.45, 2.75) is 77.2 Å². The summed E-state index contributed by atoms with van der Waals surface area (Å²) >= 11 is 0. The molecule has 4 aromatic rings. The standard InChI is InChI=1S/C39H49N5O6/c1-25(45)42-29-19-17-26-23-34(48-2)38(49-3)39(50-4)37(26)27-18-20-32(33(46)24-28(27)29)40-21-11-6-8-16-36(47)41-22-12-5-7-15-35-43-30-13-9-10-14-31(30)44-35/h9-10,13-14,18,20,23-24,29H,5-8,11-12,15-17,19,21-22H2,1-4H3,(H,40,46)(H,41,47)(H,42,45)(H,43,44). The average Bonchev–Trinajstić information content (AvgIpc) is 3.39. The number of imidazole rings is 1. The molecule has 0 spiro atoms. The van der Waals surface area contributed by atoms with Crippen LogP contribution in [0, 0.1) is 0 Å². The Balaban J connectivity index is 1.11. The maximum absolute atomic E-state index is 13.5. The summed E-state index contributed by atoms with van der Waals surface area (Å²) < 4.78 is 17.1. The quantitative estimate of drug-likeness (QED) is 0.0958. The minimum atomic E-state index is -0.363. The second kappa shape index (κ2) is 17.6. The fraction of sp³-hybridized carbons (Fsp3) is 0.436. The zero-order valence-electron chi connectivity index (χ0n) is 29.6. The number of rotatable bonds is 17. The number of aromatic amines is 1. The summed E-state index contributed by atoms with van der Waals surface area (Å²) in [6.45, 7) is 2.76. The van der Waals surface area contributed by atoms with E-state index < -0.39 is 0 Å². The number of ether oxygens (including phenoxy) is 3. The van der Waals surface area contributed by atoms with Gasteiger partial charge in [0.25, 0.3) is 0 Å². The smallest absolute Gasteiger partial charge is 0.219 e. The molecule has 50 heavy (non-hydrogen) atoms. The van der Waals surface area contributed by atoms with Gasteiger partial charge in [-0.05, 0) is 85.5 Å². The van der Waals surface area contributed by atoms with Crippen molar-refractivity contribution < 1.29 is 23.8 Å². The van der Waals surface area contributed by atoms with Crippen LogP contribution in [0.15, 0.2) is 53.3 Å². The second-order valence-corrected chi connectivity index (χ2v) is 12.7. The molecular weight excluding hydrogens is 634 g/mol. The van der Waals surface area contributed by atoms with Crippen LogP contribution in [0.4, 0.5) is 5.69 Å². The maximum atomic E-state index is 13.5. The molecule has 1 aliphatic carbocycles. The predicted molar refractivity (Wildman–Crippen MR) is 196 cm³/mol. The Morgan fingerprint density at radius 1 is 0.900 bits per heavy atom. The zero-order valence-corrected chi connectivity index (χ0v) is 29.6. The molecule has 1 heterocycles. The number of unbranched alkanes of at least 4 members (excludes halogenated alkanes) is 4. The molecule has 11 heteroatoms. The minimum Gasteiger partial charge on any atom is -0.493 e. The van der Waals surface area contributed by atoms with E-state index in [1.807, 2.05) is 36.4 Å². The number of benzene rings is 2. The zero-order chi connectivity index (χ0) is 35.5. The Morgan fingerprint density at radius 2 is 1.68 bits per heavy atom. The van der Waals surface area contributed by atoms with Gasteiger partial charge in [-0.25, -0.2) is 4.98 Å². The first-order valence-corrected chi connectivity index (χ1v) is 17.5. The van der Waals surface area contributed by atoms with E-state index in [1.165, 1.54) is 6.92 Å². The van der Waals surface area contributed by atoms with Crippen molar-refractivity contribution >= 4 is 28.5 Å². The molecule has 3 aromatic carbocycles. The van der Waals surface area contributed by atoms with Crippen LogP contribution < -0.4 is 35.6 Å². The van der Waals surface area contributed by atoms with Crippen LogP contribution in [0.3, 0.4) is 0 Å². The van der Waals surface area contributed by atoms with Crippen molar-refractivity contribution in [1.82, 2.24) is 20.6 Å². The molecule has 2 amide bonds. The monoisotopic (exact) mass is 683 g/mol. The Morgan fingerprint density at radius 3 is 2.44 bits per heavy atom. The summed E-state index contributed by atoms with van der Waals surface area (Å²) in [5.41, 5.74) is 5.67. The highest BCUT2D eigenvalue weighted by atomic mass is 16.5. The lowest BCUT2D eigenvalue weighted by Gasteiger charge is -2.19. The third-order valence-corrected chi connectivity index (χ3v) is 9.16. The number of nitrogens with one attached hydrogen (secondary N) is 4. The number of carbonyl (C=O) groups is 2. The third kappa shape index (κ3) is 8.94. The van der Waals surface area contributed by atoms with E-state index in [2.05, 4.69) is 25.9 Å². The third-order valence-electron chi connectivity index (χ3n) is 9.16. The van der Waals surface area contributed by atoms with Gasteiger partial charge >= 0.3 is 0 Å². The molecule has 0 radical (unpaired) electrons. The van der Waals surface area contributed by atoms with Crippen LogP contribution in [-0.2, 0) is 22.4 Å². The summed E-state index contributed by atoms with van der Waals surface area (Å²) in [6.07, 6.45) is 8.07. The van der Waals surface area contributed by atoms with Gasteiger partial charge in [0.05, 0.1) is 44.1 Å². The van der Waals surface area contributed by atoms with Gasteiger partial charge in [0.15, 0.2) is 11.5 Å². The summed E-state index contributed by atoms with van der Waals surface area (Å²) in [5.74, 6) is 2.45. The van der Waals surface area contributed by atoms with E-state index in [9.17, 15) is 14.4 Å². The normalized spacial score (nSPS) is 13.5. The number of H-pyrrole nitrogens is 1. The molecule has 1 unspecified atom stereocenters. The number of aryl methyl sites for hydroxylation is 2. The van der Waals surface area contributed by atoms with Gasteiger partial charge < -0.3 is 35.1 Å². The molecule has 11 nitrogen and oxygen atoms in total. The van der Waals surface area contributed by atoms with Gasteiger partial charge in [-0.2, -0.15) is 0 Å². The second-order valence-electron chi connectivity index (χ2n) is 12.7. The number of anilines is 1. The maximum Gasteiger partial charge on any atom is 0.219 e. The molecule has 4 N–H and O–H groups in total. The van der Waals surface area contributed by atoms with Crippen LogP contribution in [0.2, 0.25) is 0 Å². The van der Waals surface area contributed by atoms with Gasteiger partial charge in [0.2, 0.25) is 23.0 Å². The number of aromatic nitrogens is 2. The van der Waals surface area contributed by atoms with Crippen molar-refractivity contribution in [3.05, 3.63) is 75.7 Å². The SMILES string of the molecule is COc1cc2c(c(OC)c1OC)-c1ccc(NCCCCCC(=O)NCCCCCc3nc4ccccc4[nH]3)c(=O)cc1C(NC(C)=O)CC2. The van der Waals surface area contributed by atoms with E-state index in [4.69, 9.17) is 14.2 Å². The minimum absolute atomic E-state index is 0.0763. The van der Waals surface area contributed by atoms with Gasteiger partial charge in [-0.1, -0.05) is 31.0 Å². The molecule has 0 aliphatic heterocycles. The fourth-order valence-electron chi connectivity index (χ4n) is 6.70. The van der Waals surface area contributed by atoms with E-state index in [1.54, 1.807) is 33.5 Å². The summed E-state index contributed by atoms with van der Waals surface area (Å²) in [7, 11) is 4.73. The topological polar surface area (TPSA) is 144 Å². The van der Waals surface area contributed by atoms with Crippen molar-refractivity contribution in [3.8, 4) is 28.4 Å². The van der Waals surface area contributed by atoms with Crippen LogP contribution in [0.25, 0.3) is 22.2 Å².